The lowest BCUT2D eigenvalue weighted by atomic mass is 10.7. The maximum Gasteiger partial charge on any atom is 0.222 e. The van der Waals surface area contributed by atoms with Crippen LogP contribution in [0.15, 0.2) is 5.38 Å². The van der Waals surface area contributed by atoms with Gasteiger partial charge >= 0.3 is 0 Å². The number of hydrogen-bond acceptors (Lipinski definition) is 5. The zero-order valence-corrected chi connectivity index (χ0v) is 6.83. The molecule has 0 bridgehead atoms. The molecule has 0 aliphatic heterocycles. The Bertz CT molecular complexity index is 246. The summed E-state index contributed by atoms with van der Waals surface area (Å²) in [6.45, 7) is 0. The number of ether oxygens (including phenoxy) is 1. The Morgan fingerprint density at radius 1 is 1.90 bits per heavy atom. The molecule has 1 aromatic heterocycles. The second-order valence-electron chi connectivity index (χ2n) is 1.50. The largest absolute Gasteiger partial charge is 0.493 e. The van der Waals surface area contributed by atoms with Crippen molar-refractivity contribution in [1.82, 2.24) is 4.98 Å². The summed E-state index contributed by atoms with van der Waals surface area (Å²) in [6, 6.07) is 0. The molecule has 0 aromatic carbocycles. The number of thiazole rings is 1. The van der Waals surface area contributed by atoms with E-state index in [4.69, 9.17) is 22.1 Å². The maximum atomic E-state index is 8.78. The van der Waals surface area contributed by atoms with E-state index in [1.165, 1.54) is 23.8 Å². The van der Waals surface area contributed by atoms with Crippen LogP contribution in [0.1, 0.15) is 5.01 Å². The minimum atomic E-state index is -0.0144. The fourth-order valence-corrected chi connectivity index (χ4v) is 1.23. The lowest BCUT2D eigenvalue weighted by molar-refractivity contribution is 0.413. The second-order valence-corrected chi connectivity index (χ2v) is 2.73. The molecule has 1 N–H and O–H groups in total. The lowest BCUT2D eigenvalue weighted by Gasteiger charge is -1.93. The van der Waals surface area contributed by atoms with Crippen molar-refractivity contribution in [3.05, 3.63) is 10.4 Å². The number of rotatable bonds is 1. The van der Waals surface area contributed by atoms with E-state index in [9.17, 15) is 0 Å². The zero-order chi connectivity index (χ0) is 7.56. The molecule has 0 spiro atoms. The van der Waals surface area contributed by atoms with Gasteiger partial charge < -0.3 is 9.84 Å². The van der Waals surface area contributed by atoms with Gasteiger partial charge in [-0.1, -0.05) is 0 Å². The molecule has 0 saturated heterocycles. The van der Waals surface area contributed by atoms with Gasteiger partial charge in [0.2, 0.25) is 10.9 Å². The molecule has 3 nitrogen and oxygen atoms in total. The molecule has 0 atom stereocenters. The van der Waals surface area contributed by atoms with Crippen LogP contribution in [0.5, 0.6) is 5.88 Å². The van der Waals surface area contributed by atoms with Gasteiger partial charge in [0.25, 0.3) is 0 Å². The van der Waals surface area contributed by atoms with Gasteiger partial charge in [-0.2, -0.15) is 4.98 Å². The molecule has 1 rings (SSSR count). The Morgan fingerprint density at radius 3 is 3.00 bits per heavy atom. The number of nitrogens with zero attached hydrogens (tertiary/aromatic N) is 1. The number of methoxy groups -OCH3 is 1. The molecule has 54 valence electrons. The molecule has 0 aliphatic carbocycles. The minimum Gasteiger partial charge on any atom is -0.493 e. The smallest absolute Gasteiger partial charge is 0.222 e. The van der Waals surface area contributed by atoms with Gasteiger partial charge in [-0.05, 0) is 12.2 Å². The number of thiocarbonyl (C=S) groups is 1. The number of aromatic nitrogens is 1. The molecule has 0 amide bonds. The first kappa shape index (κ1) is 7.43. The first-order valence-corrected chi connectivity index (χ1v) is 3.75. The molecular formula is C5H5NO2S2. The minimum absolute atomic E-state index is 0.0144. The van der Waals surface area contributed by atoms with Gasteiger partial charge in [0.05, 0.1) is 12.5 Å². The quantitative estimate of drug-likeness (QED) is 0.651. The summed E-state index contributed by atoms with van der Waals surface area (Å²) in [7, 11) is 1.47. The van der Waals surface area contributed by atoms with Crippen LogP contribution in [0, 0.1) is 0 Å². The second kappa shape index (κ2) is 2.94. The number of hydrogen-bond donors (Lipinski definition) is 1. The SMILES string of the molecule is COC(=S)c1nc(O)cs1. The average Bonchev–Trinajstić information content (AvgIpc) is 2.34. The summed E-state index contributed by atoms with van der Waals surface area (Å²) < 4.78 is 4.72. The predicted molar refractivity (Wildman–Crippen MR) is 42.5 cm³/mol. The molecular weight excluding hydrogens is 170 g/mol. The van der Waals surface area contributed by atoms with Crippen molar-refractivity contribution < 1.29 is 9.84 Å². The van der Waals surface area contributed by atoms with E-state index in [2.05, 4.69) is 4.98 Å². The van der Waals surface area contributed by atoms with Crippen LogP contribution in [-0.4, -0.2) is 22.3 Å². The lowest BCUT2D eigenvalue weighted by Crippen LogP contribution is -1.97. The highest BCUT2D eigenvalue weighted by Crippen LogP contribution is 2.15. The van der Waals surface area contributed by atoms with Gasteiger partial charge in [0.1, 0.15) is 0 Å². The van der Waals surface area contributed by atoms with E-state index in [-0.39, 0.29) is 5.88 Å². The summed E-state index contributed by atoms with van der Waals surface area (Å²) in [5.41, 5.74) is 0. The van der Waals surface area contributed by atoms with Crippen LogP contribution in [0.4, 0.5) is 0 Å². The zero-order valence-electron chi connectivity index (χ0n) is 5.20. The summed E-state index contributed by atoms with van der Waals surface area (Å²) >= 11 is 6.00. The van der Waals surface area contributed by atoms with Crippen molar-refractivity contribution in [3.63, 3.8) is 0 Å². The Kier molecular flexibility index (Phi) is 2.18. The summed E-state index contributed by atoms with van der Waals surface area (Å²) in [5, 5.41) is 11.1. The summed E-state index contributed by atoms with van der Waals surface area (Å²) in [5.74, 6) is -0.0144. The van der Waals surface area contributed by atoms with Crippen LogP contribution < -0.4 is 0 Å². The Hall–Kier alpha value is -0.680. The van der Waals surface area contributed by atoms with Crippen molar-refractivity contribution in [3.8, 4) is 5.88 Å². The van der Waals surface area contributed by atoms with Gasteiger partial charge in [-0.25, -0.2) is 0 Å². The van der Waals surface area contributed by atoms with E-state index >= 15 is 0 Å². The number of aromatic hydroxyl groups is 1. The monoisotopic (exact) mass is 175 g/mol. The van der Waals surface area contributed by atoms with Crippen molar-refractivity contribution in [1.29, 1.82) is 0 Å². The molecule has 10 heavy (non-hydrogen) atoms. The molecule has 0 saturated carbocycles. The highest BCUT2D eigenvalue weighted by Gasteiger charge is 2.04. The first-order valence-electron chi connectivity index (χ1n) is 2.47. The van der Waals surface area contributed by atoms with Crippen LogP contribution in [0.3, 0.4) is 0 Å². The highest BCUT2D eigenvalue weighted by molar-refractivity contribution is 7.80. The molecule has 0 fully saturated rings. The van der Waals surface area contributed by atoms with E-state index in [0.29, 0.717) is 10.1 Å². The van der Waals surface area contributed by atoms with Crippen molar-refractivity contribution in [2.45, 2.75) is 0 Å². The van der Waals surface area contributed by atoms with Gasteiger partial charge in [-0.15, -0.1) is 11.3 Å². The van der Waals surface area contributed by atoms with Crippen LogP contribution in [0.2, 0.25) is 0 Å². The Balaban J connectivity index is 2.85. The molecule has 5 heteroatoms. The van der Waals surface area contributed by atoms with Gasteiger partial charge in [0, 0.05) is 0 Å². The third-order valence-corrected chi connectivity index (χ3v) is 2.17. The van der Waals surface area contributed by atoms with E-state index in [1.807, 2.05) is 0 Å². The molecule has 0 radical (unpaired) electrons. The molecule has 0 aliphatic rings. The topological polar surface area (TPSA) is 42.4 Å². The van der Waals surface area contributed by atoms with Crippen LogP contribution in [0.25, 0.3) is 0 Å². The van der Waals surface area contributed by atoms with Crippen molar-refractivity contribution in [2.24, 2.45) is 0 Å². The third kappa shape index (κ3) is 1.43. The normalized spacial score (nSPS) is 9.30. The maximum absolute atomic E-state index is 8.78. The summed E-state index contributed by atoms with van der Waals surface area (Å²) in [6.07, 6.45) is 0. The molecule has 1 heterocycles. The Morgan fingerprint density at radius 2 is 2.60 bits per heavy atom. The predicted octanol–water partition coefficient (Wildman–Crippen LogP) is 1.17. The van der Waals surface area contributed by atoms with Crippen LogP contribution in [-0.2, 0) is 4.74 Å². The third-order valence-electron chi connectivity index (χ3n) is 0.852. The molecule has 0 unspecified atom stereocenters. The van der Waals surface area contributed by atoms with E-state index in [0.717, 1.165) is 0 Å². The van der Waals surface area contributed by atoms with Crippen molar-refractivity contribution in [2.75, 3.05) is 7.11 Å². The van der Waals surface area contributed by atoms with Crippen molar-refractivity contribution >= 4 is 28.6 Å². The highest BCUT2D eigenvalue weighted by atomic mass is 32.1. The van der Waals surface area contributed by atoms with Gasteiger partial charge in [-0.3, -0.25) is 0 Å². The molecule has 1 aromatic rings. The summed E-state index contributed by atoms with van der Waals surface area (Å²) in [4.78, 5) is 3.69. The fourth-order valence-electron chi connectivity index (χ4n) is 0.446. The van der Waals surface area contributed by atoms with E-state index in [1.54, 1.807) is 0 Å². The van der Waals surface area contributed by atoms with Gasteiger partial charge in [0.15, 0.2) is 5.01 Å². The fraction of sp³-hybridized carbons (Fsp3) is 0.200. The van der Waals surface area contributed by atoms with E-state index < -0.39 is 0 Å². The first-order chi connectivity index (χ1) is 4.74. The van der Waals surface area contributed by atoms with Crippen LogP contribution >= 0.6 is 23.6 Å². The standard InChI is InChI=1S/C5H5NO2S2/c1-8-5(9)4-6-3(7)2-10-4/h2,7H,1H3. The average molecular weight is 175 g/mol. The Labute approximate surface area is 67.3 Å².